The van der Waals surface area contributed by atoms with Crippen LogP contribution in [0.1, 0.15) is 6.92 Å². The van der Waals surface area contributed by atoms with Gasteiger partial charge in [-0.3, -0.25) is 0 Å². The first-order valence-corrected chi connectivity index (χ1v) is 7.81. The zero-order chi connectivity index (χ0) is 15.1. The Labute approximate surface area is 132 Å². The number of aliphatic hydroxyl groups excluding tert-OH is 1. The SMILES string of the molecule is CCOCCOCC(O)CNc1c(Cl)ccc2nsnc12. The monoisotopic (exact) mass is 331 g/mol. The van der Waals surface area contributed by atoms with Crippen molar-refractivity contribution in [2.24, 2.45) is 0 Å². The molecule has 2 aromatic rings. The van der Waals surface area contributed by atoms with Crippen molar-refractivity contribution in [2.75, 3.05) is 38.3 Å². The number of aliphatic hydroxyl groups is 1. The van der Waals surface area contributed by atoms with E-state index in [1.165, 1.54) is 0 Å². The average molecular weight is 332 g/mol. The van der Waals surface area contributed by atoms with Gasteiger partial charge in [-0.15, -0.1) is 0 Å². The lowest BCUT2D eigenvalue weighted by molar-refractivity contribution is 0.0103. The molecule has 0 radical (unpaired) electrons. The maximum Gasteiger partial charge on any atom is 0.129 e. The molecule has 6 nitrogen and oxygen atoms in total. The third-order valence-electron chi connectivity index (χ3n) is 2.78. The average Bonchev–Trinajstić information content (AvgIpc) is 2.94. The number of hydrogen-bond acceptors (Lipinski definition) is 7. The van der Waals surface area contributed by atoms with E-state index in [1.807, 2.05) is 13.0 Å². The number of aromatic nitrogens is 2. The van der Waals surface area contributed by atoms with Crippen molar-refractivity contribution in [1.29, 1.82) is 0 Å². The minimum absolute atomic E-state index is 0.239. The fraction of sp³-hybridized carbons (Fsp3) is 0.538. The van der Waals surface area contributed by atoms with Gasteiger partial charge in [-0.2, -0.15) is 8.75 Å². The third-order valence-corrected chi connectivity index (χ3v) is 3.64. The summed E-state index contributed by atoms with van der Waals surface area (Å²) < 4.78 is 18.8. The van der Waals surface area contributed by atoms with Gasteiger partial charge in [-0.05, 0) is 19.1 Å². The summed E-state index contributed by atoms with van der Waals surface area (Å²) in [6.45, 7) is 4.16. The quantitative estimate of drug-likeness (QED) is 0.686. The molecular weight excluding hydrogens is 314 g/mol. The minimum atomic E-state index is -0.635. The van der Waals surface area contributed by atoms with Crippen LogP contribution < -0.4 is 5.32 Å². The number of fused-ring (bicyclic) bond motifs is 1. The largest absolute Gasteiger partial charge is 0.389 e. The second kappa shape index (κ2) is 8.45. The Morgan fingerprint density at radius 3 is 2.95 bits per heavy atom. The fourth-order valence-electron chi connectivity index (χ4n) is 1.76. The molecule has 1 aromatic heterocycles. The Kier molecular flexibility index (Phi) is 6.59. The first-order chi connectivity index (χ1) is 10.2. The van der Waals surface area contributed by atoms with Crippen molar-refractivity contribution in [3.05, 3.63) is 17.2 Å². The second-order valence-electron chi connectivity index (χ2n) is 4.36. The van der Waals surface area contributed by atoms with Crippen LogP contribution in [0.2, 0.25) is 5.02 Å². The number of hydrogen-bond donors (Lipinski definition) is 2. The van der Waals surface area contributed by atoms with Gasteiger partial charge < -0.3 is 19.9 Å². The Balaban J connectivity index is 1.81. The van der Waals surface area contributed by atoms with Gasteiger partial charge >= 0.3 is 0 Å². The van der Waals surface area contributed by atoms with Crippen LogP contribution in [0.25, 0.3) is 11.0 Å². The highest BCUT2D eigenvalue weighted by atomic mass is 35.5. The fourth-order valence-corrected chi connectivity index (χ4v) is 2.52. The van der Waals surface area contributed by atoms with Crippen molar-refractivity contribution in [1.82, 2.24) is 8.75 Å². The predicted octanol–water partition coefficient (Wildman–Crippen LogP) is 2.17. The zero-order valence-electron chi connectivity index (χ0n) is 11.7. The van der Waals surface area contributed by atoms with Gasteiger partial charge in [0.1, 0.15) is 11.0 Å². The Hall–Kier alpha value is -0.990. The van der Waals surface area contributed by atoms with E-state index in [0.29, 0.717) is 37.1 Å². The Bertz CT molecular complexity index is 567. The maximum atomic E-state index is 9.88. The lowest BCUT2D eigenvalue weighted by Crippen LogP contribution is -2.25. The van der Waals surface area contributed by atoms with E-state index in [4.69, 9.17) is 21.1 Å². The van der Waals surface area contributed by atoms with Gasteiger partial charge in [0, 0.05) is 13.2 Å². The molecule has 0 amide bonds. The van der Waals surface area contributed by atoms with Gasteiger partial charge in [0.05, 0.1) is 48.4 Å². The first-order valence-electron chi connectivity index (χ1n) is 6.70. The summed E-state index contributed by atoms with van der Waals surface area (Å²) in [4.78, 5) is 0. The molecule has 1 aromatic carbocycles. The highest BCUT2D eigenvalue weighted by Gasteiger charge is 2.11. The van der Waals surface area contributed by atoms with Crippen molar-refractivity contribution in [3.63, 3.8) is 0 Å². The molecule has 1 heterocycles. The number of rotatable bonds is 9. The smallest absolute Gasteiger partial charge is 0.129 e. The van der Waals surface area contributed by atoms with Gasteiger partial charge in [0.2, 0.25) is 0 Å². The number of anilines is 1. The molecule has 8 heteroatoms. The molecule has 116 valence electrons. The van der Waals surface area contributed by atoms with Crippen LogP contribution in [0.15, 0.2) is 12.1 Å². The molecule has 0 bridgehead atoms. The summed E-state index contributed by atoms with van der Waals surface area (Å²) in [7, 11) is 0. The van der Waals surface area contributed by atoms with Crippen molar-refractivity contribution in [2.45, 2.75) is 13.0 Å². The molecule has 21 heavy (non-hydrogen) atoms. The normalized spacial score (nSPS) is 12.7. The molecule has 0 aliphatic rings. The highest BCUT2D eigenvalue weighted by molar-refractivity contribution is 7.00. The molecular formula is C13H18ClN3O3S. The molecule has 2 rings (SSSR count). The van der Waals surface area contributed by atoms with E-state index >= 15 is 0 Å². The van der Waals surface area contributed by atoms with E-state index < -0.39 is 6.10 Å². The van der Waals surface area contributed by atoms with Gasteiger partial charge in [0.25, 0.3) is 0 Å². The number of nitrogens with one attached hydrogen (secondary N) is 1. The summed E-state index contributed by atoms with van der Waals surface area (Å²) >= 11 is 7.28. The van der Waals surface area contributed by atoms with E-state index in [2.05, 4.69) is 14.1 Å². The van der Waals surface area contributed by atoms with Crippen LogP contribution >= 0.6 is 23.3 Å². The summed E-state index contributed by atoms with van der Waals surface area (Å²) in [6, 6.07) is 3.58. The maximum absolute atomic E-state index is 9.88. The van der Waals surface area contributed by atoms with Gasteiger partial charge in [-0.1, -0.05) is 11.6 Å². The molecule has 0 aliphatic carbocycles. The van der Waals surface area contributed by atoms with Crippen molar-refractivity contribution < 1.29 is 14.6 Å². The van der Waals surface area contributed by atoms with Crippen LogP contribution in [-0.4, -0.2) is 52.9 Å². The topological polar surface area (TPSA) is 76.5 Å². The second-order valence-corrected chi connectivity index (χ2v) is 5.30. The van der Waals surface area contributed by atoms with E-state index in [-0.39, 0.29) is 6.61 Å². The summed E-state index contributed by atoms with van der Waals surface area (Å²) in [5.74, 6) is 0. The molecule has 2 N–H and O–H groups in total. The van der Waals surface area contributed by atoms with Crippen LogP contribution in [0, 0.1) is 0 Å². The van der Waals surface area contributed by atoms with E-state index in [9.17, 15) is 5.11 Å². The standard InChI is InChI=1S/C13H18ClN3O3S/c1-2-19-5-6-20-8-9(18)7-15-12-10(14)3-4-11-13(12)17-21-16-11/h3-4,9,15,18H,2,5-8H2,1H3. The zero-order valence-corrected chi connectivity index (χ0v) is 13.3. The molecule has 1 unspecified atom stereocenters. The van der Waals surface area contributed by atoms with Crippen LogP contribution in [-0.2, 0) is 9.47 Å². The summed E-state index contributed by atoms with van der Waals surface area (Å²) in [5.41, 5.74) is 2.20. The predicted molar refractivity (Wildman–Crippen MR) is 84.2 cm³/mol. The minimum Gasteiger partial charge on any atom is -0.389 e. The summed E-state index contributed by atoms with van der Waals surface area (Å²) in [6.07, 6.45) is -0.635. The Morgan fingerprint density at radius 1 is 1.33 bits per heavy atom. The van der Waals surface area contributed by atoms with Crippen molar-refractivity contribution >= 4 is 40.0 Å². The molecule has 0 spiro atoms. The number of ether oxygens (including phenoxy) is 2. The van der Waals surface area contributed by atoms with E-state index in [0.717, 1.165) is 22.8 Å². The van der Waals surface area contributed by atoms with Gasteiger partial charge in [0.15, 0.2) is 0 Å². The van der Waals surface area contributed by atoms with Crippen LogP contribution in [0.3, 0.4) is 0 Å². The number of benzene rings is 1. The number of nitrogens with zero attached hydrogens (tertiary/aromatic N) is 2. The number of halogens is 1. The lowest BCUT2D eigenvalue weighted by atomic mass is 10.2. The van der Waals surface area contributed by atoms with Crippen LogP contribution in [0.5, 0.6) is 0 Å². The Morgan fingerprint density at radius 2 is 2.14 bits per heavy atom. The molecule has 0 fully saturated rings. The first kappa shape index (κ1) is 16.4. The van der Waals surface area contributed by atoms with Gasteiger partial charge in [-0.25, -0.2) is 0 Å². The highest BCUT2D eigenvalue weighted by Crippen LogP contribution is 2.29. The van der Waals surface area contributed by atoms with Crippen LogP contribution in [0.4, 0.5) is 5.69 Å². The molecule has 0 aliphatic heterocycles. The molecule has 0 saturated heterocycles. The van der Waals surface area contributed by atoms with Crippen molar-refractivity contribution in [3.8, 4) is 0 Å². The molecule has 0 saturated carbocycles. The lowest BCUT2D eigenvalue weighted by Gasteiger charge is -2.14. The van der Waals surface area contributed by atoms with E-state index in [1.54, 1.807) is 6.07 Å². The third kappa shape index (κ3) is 4.76. The summed E-state index contributed by atoms with van der Waals surface area (Å²) in [5, 5.41) is 13.5. The molecule has 1 atom stereocenters.